The zero-order valence-electron chi connectivity index (χ0n) is 11.4. The van der Waals surface area contributed by atoms with E-state index in [0.29, 0.717) is 12.4 Å². The first-order valence-electron chi connectivity index (χ1n) is 6.46. The summed E-state index contributed by atoms with van der Waals surface area (Å²) in [6.07, 6.45) is 4.51. The third-order valence-corrected chi connectivity index (χ3v) is 4.17. The molecule has 0 saturated carbocycles. The van der Waals surface area contributed by atoms with Crippen LogP contribution < -0.4 is 0 Å². The fraction of sp³-hybridized carbons (Fsp3) is 0.357. The quantitative estimate of drug-likeness (QED) is 0.694. The Kier molecular flexibility index (Phi) is 3.72. The van der Waals surface area contributed by atoms with Gasteiger partial charge in [-0.1, -0.05) is 0 Å². The topological polar surface area (TPSA) is 43.6 Å². The maximum absolute atomic E-state index is 5.89. The highest BCUT2D eigenvalue weighted by Crippen LogP contribution is 2.20. The van der Waals surface area contributed by atoms with Gasteiger partial charge < -0.3 is 4.57 Å². The van der Waals surface area contributed by atoms with E-state index in [2.05, 4.69) is 32.5 Å². The molecule has 3 rings (SSSR count). The lowest BCUT2D eigenvalue weighted by Crippen LogP contribution is -2.06. The summed E-state index contributed by atoms with van der Waals surface area (Å²) in [6, 6.07) is 2.06. The molecule has 4 nitrogen and oxygen atoms in total. The first-order valence-corrected chi connectivity index (χ1v) is 7.81. The molecular formula is C14H15ClN4S. The maximum atomic E-state index is 5.89. The van der Waals surface area contributed by atoms with E-state index in [1.54, 1.807) is 11.3 Å². The number of imidazole rings is 1. The maximum Gasteiger partial charge on any atom is 0.160 e. The fourth-order valence-corrected chi connectivity index (χ4v) is 3.15. The third kappa shape index (κ3) is 2.55. The van der Waals surface area contributed by atoms with Gasteiger partial charge in [0.05, 0.1) is 6.54 Å². The Hall–Kier alpha value is -1.46. The van der Waals surface area contributed by atoms with Crippen LogP contribution in [0.2, 0.25) is 0 Å². The number of rotatable bonds is 4. The van der Waals surface area contributed by atoms with E-state index >= 15 is 0 Å². The first kappa shape index (κ1) is 13.5. The van der Waals surface area contributed by atoms with E-state index in [0.717, 1.165) is 34.0 Å². The van der Waals surface area contributed by atoms with Crippen LogP contribution in [0.25, 0.3) is 11.2 Å². The Bertz CT molecular complexity index is 747. The molecule has 0 fully saturated rings. The summed E-state index contributed by atoms with van der Waals surface area (Å²) in [5.74, 6) is 1.53. The number of halogens is 1. The van der Waals surface area contributed by atoms with Gasteiger partial charge in [-0.15, -0.1) is 22.9 Å². The highest BCUT2D eigenvalue weighted by atomic mass is 35.5. The minimum absolute atomic E-state index is 0.555. The Balaban J connectivity index is 2.08. The molecule has 3 aromatic rings. The molecule has 0 radical (unpaired) electrons. The molecule has 0 amide bonds. The van der Waals surface area contributed by atoms with Gasteiger partial charge in [-0.3, -0.25) is 0 Å². The van der Waals surface area contributed by atoms with Gasteiger partial charge in [-0.2, -0.15) is 0 Å². The van der Waals surface area contributed by atoms with Crippen molar-refractivity contribution >= 4 is 34.1 Å². The van der Waals surface area contributed by atoms with Gasteiger partial charge in [-0.05, 0) is 25.5 Å². The molecule has 3 heterocycles. The van der Waals surface area contributed by atoms with Crippen LogP contribution in [0.4, 0.5) is 0 Å². The van der Waals surface area contributed by atoms with Crippen LogP contribution in [0.1, 0.15) is 21.3 Å². The predicted octanol–water partition coefficient (Wildman–Crippen LogP) is 3.33. The number of alkyl halides is 1. The normalized spacial score (nSPS) is 11.3. The van der Waals surface area contributed by atoms with Gasteiger partial charge in [0.2, 0.25) is 0 Å². The standard InChI is InChI=1S/C14H15ClN4S/c1-9-5-11-14(17-6-9)19(12(18-11)3-4-15)8-13-16-7-10(2)20-13/h5-7H,3-4,8H2,1-2H3. The Morgan fingerprint density at radius 3 is 2.80 bits per heavy atom. The average molecular weight is 307 g/mol. The summed E-state index contributed by atoms with van der Waals surface area (Å²) in [4.78, 5) is 14.8. The lowest BCUT2D eigenvalue weighted by Gasteiger charge is -2.05. The van der Waals surface area contributed by atoms with Gasteiger partial charge in [-0.25, -0.2) is 15.0 Å². The number of fused-ring (bicyclic) bond motifs is 1. The second kappa shape index (κ2) is 5.50. The molecule has 0 spiro atoms. The van der Waals surface area contributed by atoms with Crippen molar-refractivity contribution in [3.8, 4) is 0 Å². The zero-order chi connectivity index (χ0) is 14.1. The summed E-state index contributed by atoms with van der Waals surface area (Å²) in [6.45, 7) is 4.79. The molecule has 104 valence electrons. The molecule has 6 heteroatoms. The van der Waals surface area contributed by atoms with Crippen molar-refractivity contribution in [3.63, 3.8) is 0 Å². The van der Waals surface area contributed by atoms with E-state index in [1.807, 2.05) is 19.3 Å². The largest absolute Gasteiger partial charge is 0.306 e. The lowest BCUT2D eigenvalue weighted by molar-refractivity contribution is 0.743. The second-order valence-electron chi connectivity index (χ2n) is 4.77. The summed E-state index contributed by atoms with van der Waals surface area (Å²) >= 11 is 7.59. The second-order valence-corrected chi connectivity index (χ2v) is 6.47. The monoisotopic (exact) mass is 306 g/mol. The first-order chi connectivity index (χ1) is 9.67. The van der Waals surface area contributed by atoms with Crippen LogP contribution in [-0.4, -0.2) is 25.4 Å². The Morgan fingerprint density at radius 2 is 2.10 bits per heavy atom. The van der Waals surface area contributed by atoms with Gasteiger partial charge >= 0.3 is 0 Å². The number of aryl methyl sites for hydroxylation is 3. The average Bonchev–Trinajstić information content (AvgIpc) is 2.95. The summed E-state index contributed by atoms with van der Waals surface area (Å²) in [5.41, 5.74) is 2.95. The van der Waals surface area contributed by atoms with Crippen molar-refractivity contribution in [1.29, 1.82) is 0 Å². The molecular weight excluding hydrogens is 292 g/mol. The molecule has 0 unspecified atom stereocenters. The van der Waals surface area contributed by atoms with Crippen molar-refractivity contribution in [1.82, 2.24) is 19.5 Å². The number of pyridine rings is 1. The predicted molar refractivity (Wildman–Crippen MR) is 82.6 cm³/mol. The third-order valence-electron chi connectivity index (χ3n) is 3.08. The molecule has 0 aliphatic rings. The van der Waals surface area contributed by atoms with Crippen LogP contribution in [0, 0.1) is 13.8 Å². The summed E-state index contributed by atoms with van der Waals surface area (Å²) in [7, 11) is 0. The molecule has 0 aromatic carbocycles. The smallest absolute Gasteiger partial charge is 0.160 e. The van der Waals surface area contributed by atoms with Crippen LogP contribution >= 0.6 is 22.9 Å². The van der Waals surface area contributed by atoms with E-state index < -0.39 is 0 Å². The SMILES string of the molecule is Cc1cnc2c(c1)nc(CCCl)n2Cc1ncc(C)s1. The van der Waals surface area contributed by atoms with Gasteiger partial charge in [0.15, 0.2) is 5.65 Å². The highest BCUT2D eigenvalue weighted by Gasteiger charge is 2.13. The molecule has 3 aromatic heterocycles. The Morgan fingerprint density at radius 1 is 1.25 bits per heavy atom. The lowest BCUT2D eigenvalue weighted by atomic mass is 10.3. The van der Waals surface area contributed by atoms with E-state index in [4.69, 9.17) is 11.6 Å². The van der Waals surface area contributed by atoms with Crippen molar-refractivity contribution in [2.45, 2.75) is 26.8 Å². The number of hydrogen-bond acceptors (Lipinski definition) is 4. The fourth-order valence-electron chi connectivity index (χ4n) is 2.21. The molecule has 0 atom stereocenters. The van der Waals surface area contributed by atoms with Gasteiger partial charge in [0, 0.05) is 29.6 Å². The molecule has 0 bridgehead atoms. The molecule has 20 heavy (non-hydrogen) atoms. The van der Waals surface area contributed by atoms with Crippen LogP contribution in [0.5, 0.6) is 0 Å². The van der Waals surface area contributed by atoms with Gasteiger partial charge in [0.25, 0.3) is 0 Å². The van der Waals surface area contributed by atoms with Crippen LogP contribution in [0.15, 0.2) is 18.5 Å². The molecule has 0 N–H and O–H groups in total. The summed E-state index contributed by atoms with van der Waals surface area (Å²) < 4.78 is 2.12. The van der Waals surface area contributed by atoms with Crippen molar-refractivity contribution in [2.75, 3.05) is 5.88 Å². The van der Waals surface area contributed by atoms with Crippen molar-refractivity contribution in [3.05, 3.63) is 39.7 Å². The van der Waals surface area contributed by atoms with E-state index in [1.165, 1.54) is 4.88 Å². The molecule has 0 aliphatic heterocycles. The van der Waals surface area contributed by atoms with Gasteiger partial charge in [0.1, 0.15) is 16.3 Å². The summed E-state index contributed by atoms with van der Waals surface area (Å²) in [5, 5.41) is 1.07. The number of thiazole rings is 1. The highest BCUT2D eigenvalue weighted by molar-refractivity contribution is 7.11. The van der Waals surface area contributed by atoms with E-state index in [9.17, 15) is 0 Å². The number of aromatic nitrogens is 4. The molecule has 0 aliphatic carbocycles. The van der Waals surface area contributed by atoms with Crippen molar-refractivity contribution in [2.24, 2.45) is 0 Å². The van der Waals surface area contributed by atoms with E-state index in [-0.39, 0.29) is 0 Å². The minimum atomic E-state index is 0.555. The number of hydrogen-bond donors (Lipinski definition) is 0. The van der Waals surface area contributed by atoms with Crippen LogP contribution in [-0.2, 0) is 13.0 Å². The Labute approximate surface area is 126 Å². The van der Waals surface area contributed by atoms with Crippen molar-refractivity contribution < 1.29 is 0 Å². The minimum Gasteiger partial charge on any atom is -0.306 e. The van der Waals surface area contributed by atoms with Crippen LogP contribution in [0.3, 0.4) is 0 Å². The number of nitrogens with zero attached hydrogens (tertiary/aromatic N) is 4. The zero-order valence-corrected chi connectivity index (χ0v) is 13.0. The molecule has 0 saturated heterocycles.